The number of likely N-dealkylation sites (N-methyl/N-ethyl adjacent to an activating group) is 1. The molecule has 0 amide bonds. The minimum atomic E-state index is -0.318. The van der Waals surface area contributed by atoms with Gasteiger partial charge in [-0.1, -0.05) is 36.6 Å². The Morgan fingerprint density at radius 2 is 2.00 bits per heavy atom. The van der Waals surface area contributed by atoms with Crippen molar-refractivity contribution in [3.8, 4) is 0 Å². The average Bonchev–Trinajstić information content (AvgIpc) is 3.29. The molecule has 0 saturated heterocycles. The van der Waals surface area contributed by atoms with Gasteiger partial charge in [-0.2, -0.15) is 0 Å². The van der Waals surface area contributed by atoms with Gasteiger partial charge in [0.05, 0.1) is 12.2 Å². The van der Waals surface area contributed by atoms with Crippen LogP contribution in [0.4, 0.5) is 0 Å². The summed E-state index contributed by atoms with van der Waals surface area (Å²) in [6.07, 6.45) is 14.0. The zero-order valence-corrected chi connectivity index (χ0v) is 16.6. The molecule has 3 rings (SSSR count). The van der Waals surface area contributed by atoms with Crippen LogP contribution in [0.15, 0.2) is 23.8 Å². The summed E-state index contributed by atoms with van der Waals surface area (Å²) in [5, 5.41) is 24.4. The number of hydrogen-bond donors (Lipinski definition) is 3. The normalized spacial score (nSPS) is 35.2. The van der Waals surface area contributed by atoms with E-state index < -0.39 is 0 Å². The third kappa shape index (κ3) is 5.19. The molecule has 0 aromatic carbocycles. The third-order valence-electron chi connectivity index (χ3n) is 6.79. The van der Waals surface area contributed by atoms with Gasteiger partial charge in [0.2, 0.25) is 0 Å². The Labute approximate surface area is 159 Å². The lowest BCUT2D eigenvalue weighted by Gasteiger charge is -2.19. The second-order valence-electron chi connectivity index (χ2n) is 9.00. The first-order valence-corrected chi connectivity index (χ1v) is 10.6. The maximum atomic E-state index is 10.5. The predicted octanol–water partition coefficient (Wildman–Crippen LogP) is 2.58. The van der Waals surface area contributed by atoms with Crippen molar-refractivity contribution in [2.45, 2.75) is 57.2 Å². The van der Waals surface area contributed by atoms with Crippen LogP contribution in [0.2, 0.25) is 0 Å². The fourth-order valence-corrected chi connectivity index (χ4v) is 5.26. The van der Waals surface area contributed by atoms with Crippen LogP contribution >= 0.6 is 0 Å². The van der Waals surface area contributed by atoms with Crippen LogP contribution in [-0.4, -0.2) is 61.1 Å². The Bertz CT molecular complexity index is 496. The number of fused-ring (bicyclic) bond motifs is 1. The van der Waals surface area contributed by atoms with E-state index in [0.29, 0.717) is 17.8 Å². The molecule has 26 heavy (non-hydrogen) atoms. The van der Waals surface area contributed by atoms with Crippen molar-refractivity contribution in [2.75, 3.05) is 33.7 Å². The van der Waals surface area contributed by atoms with Crippen LogP contribution < -0.4 is 5.32 Å². The molecule has 3 N–H and O–H groups in total. The van der Waals surface area contributed by atoms with Gasteiger partial charge in [0.1, 0.15) is 0 Å². The Morgan fingerprint density at radius 1 is 1.23 bits per heavy atom. The minimum absolute atomic E-state index is 0.225. The summed E-state index contributed by atoms with van der Waals surface area (Å²) in [6.45, 7) is 3.04. The SMILES string of the molecule is CN(C)CCNCC=C1C[C@H]2C[C@@H](O)[C@H](C=C[C@@H](O)C3CCCC3)[C@H]2C1. The lowest BCUT2D eigenvalue weighted by molar-refractivity contribution is 0.135. The molecule has 5 atom stereocenters. The summed E-state index contributed by atoms with van der Waals surface area (Å²) >= 11 is 0. The van der Waals surface area contributed by atoms with E-state index in [1.54, 1.807) is 5.57 Å². The number of rotatable bonds is 8. The molecule has 0 bridgehead atoms. The van der Waals surface area contributed by atoms with Gasteiger partial charge >= 0.3 is 0 Å². The van der Waals surface area contributed by atoms with Gasteiger partial charge in [0.15, 0.2) is 0 Å². The van der Waals surface area contributed by atoms with E-state index in [-0.39, 0.29) is 18.1 Å². The van der Waals surface area contributed by atoms with Crippen molar-refractivity contribution in [3.63, 3.8) is 0 Å². The molecule has 0 aromatic heterocycles. The molecule has 4 heteroatoms. The first-order chi connectivity index (χ1) is 12.5. The van der Waals surface area contributed by atoms with Crippen LogP contribution in [0, 0.1) is 23.7 Å². The van der Waals surface area contributed by atoms with Crippen molar-refractivity contribution >= 4 is 0 Å². The molecule has 0 aromatic rings. The largest absolute Gasteiger partial charge is 0.392 e. The second-order valence-corrected chi connectivity index (χ2v) is 9.00. The van der Waals surface area contributed by atoms with E-state index in [2.05, 4.69) is 36.5 Å². The predicted molar refractivity (Wildman–Crippen MR) is 107 cm³/mol. The van der Waals surface area contributed by atoms with Crippen LogP contribution in [0.3, 0.4) is 0 Å². The highest BCUT2D eigenvalue weighted by atomic mass is 16.3. The number of allylic oxidation sites excluding steroid dienone is 1. The van der Waals surface area contributed by atoms with E-state index in [4.69, 9.17) is 0 Å². The maximum Gasteiger partial charge on any atom is 0.0749 e. The summed E-state index contributed by atoms with van der Waals surface area (Å²) < 4.78 is 0. The standard InChI is InChI=1S/C22H38N2O2/c1-24(2)12-11-23-10-9-16-13-18-15-22(26)19(20(18)14-16)7-8-21(25)17-5-3-4-6-17/h7-9,17-23,25-26H,3-6,10-15H2,1-2H3/t18-,19+,20-,21+,22+/m0/s1. The van der Waals surface area contributed by atoms with Gasteiger partial charge in [-0.3, -0.25) is 0 Å². The Hall–Kier alpha value is -0.680. The molecule has 0 aliphatic heterocycles. The number of nitrogens with zero attached hydrogens (tertiary/aromatic N) is 1. The summed E-state index contributed by atoms with van der Waals surface area (Å²) in [6, 6.07) is 0. The van der Waals surface area contributed by atoms with Gasteiger partial charge in [0.25, 0.3) is 0 Å². The molecule has 0 heterocycles. The Kier molecular flexibility index (Phi) is 7.33. The van der Waals surface area contributed by atoms with Crippen molar-refractivity contribution in [3.05, 3.63) is 23.8 Å². The lowest BCUT2D eigenvalue weighted by atomic mass is 9.89. The van der Waals surface area contributed by atoms with E-state index in [0.717, 1.165) is 51.7 Å². The van der Waals surface area contributed by atoms with Crippen molar-refractivity contribution in [2.24, 2.45) is 23.7 Å². The molecular weight excluding hydrogens is 324 g/mol. The van der Waals surface area contributed by atoms with Crippen LogP contribution in [-0.2, 0) is 0 Å². The quantitative estimate of drug-likeness (QED) is 0.459. The van der Waals surface area contributed by atoms with Crippen molar-refractivity contribution < 1.29 is 10.2 Å². The monoisotopic (exact) mass is 362 g/mol. The first kappa shape index (κ1) is 20.1. The minimum Gasteiger partial charge on any atom is -0.392 e. The zero-order chi connectivity index (χ0) is 18.5. The lowest BCUT2D eigenvalue weighted by Crippen LogP contribution is -2.26. The number of aliphatic hydroxyl groups excluding tert-OH is 2. The van der Waals surface area contributed by atoms with Gasteiger partial charge in [0, 0.05) is 25.6 Å². The van der Waals surface area contributed by atoms with Crippen molar-refractivity contribution in [1.29, 1.82) is 0 Å². The molecule has 3 fully saturated rings. The Balaban J connectivity index is 1.48. The van der Waals surface area contributed by atoms with E-state index >= 15 is 0 Å². The molecule has 3 aliphatic carbocycles. The van der Waals surface area contributed by atoms with E-state index in [9.17, 15) is 10.2 Å². The van der Waals surface area contributed by atoms with E-state index in [1.807, 2.05) is 6.08 Å². The first-order valence-electron chi connectivity index (χ1n) is 10.6. The zero-order valence-electron chi connectivity index (χ0n) is 16.6. The summed E-state index contributed by atoms with van der Waals surface area (Å²) in [5.74, 6) is 1.85. The third-order valence-corrected chi connectivity index (χ3v) is 6.79. The second kappa shape index (κ2) is 9.50. The molecule has 0 radical (unpaired) electrons. The van der Waals surface area contributed by atoms with Gasteiger partial charge in [-0.25, -0.2) is 0 Å². The average molecular weight is 363 g/mol. The number of nitrogens with one attached hydrogen (secondary N) is 1. The van der Waals surface area contributed by atoms with Crippen LogP contribution in [0.25, 0.3) is 0 Å². The number of aliphatic hydroxyl groups is 2. The van der Waals surface area contributed by atoms with Gasteiger partial charge in [-0.05, 0) is 64.0 Å². The fourth-order valence-electron chi connectivity index (χ4n) is 5.26. The fraction of sp³-hybridized carbons (Fsp3) is 0.818. The van der Waals surface area contributed by atoms with Crippen LogP contribution in [0.5, 0.6) is 0 Å². The summed E-state index contributed by atoms with van der Waals surface area (Å²) in [4.78, 5) is 2.19. The Morgan fingerprint density at radius 3 is 2.73 bits per heavy atom. The highest BCUT2D eigenvalue weighted by Crippen LogP contribution is 2.50. The number of hydrogen-bond acceptors (Lipinski definition) is 4. The maximum absolute atomic E-state index is 10.5. The summed E-state index contributed by atoms with van der Waals surface area (Å²) in [5.41, 5.74) is 1.55. The van der Waals surface area contributed by atoms with E-state index in [1.165, 1.54) is 12.8 Å². The molecule has 3 aliphatic rings. The van der Waals surface area contributed by atoms with Crippen molar-refractivity contribution in [1.82, 2.24) is 10.2 Å². The summed E-state index contributed by atoms with van der Waals surface area (Å²) in [7, 11) is 4.20. The van der Waals surface area contributed by atoms with Crippen LogP contribution in [0.1, 0.15) is 44.9 Å². The molecule has 0 unspecified atom stereocenters. The molecular formula is C22H38N2O2. The molecule has 148 valence electrons. The smallest absolute Gasteiger partial charge is 0.0749 e. The molecule has 4 nitrogen and oxygen atoms in total. The highest BCUT2D eigenvalue weighted by Gasteiger charge is 2.45. The highest BCUT2D eigenvalue weighted by molar-refractivity contribution is 5.18. The molecule has 3 saturated carbocycles. The topological polar surface area (TPSA) is 55.7 Å². The van der Waals surface area contributed by atoms with Gasteiger partial charge < -0.3 is 20.4 Å². The van der Waals surface area contributed by atoms with Gasteiger partial charge in [-0.15, -0.1) is 0 Å². The molecule has 0 spiro atoms.